The maximum Gasteiger partial charge on any atom is 0.262 e. The third-order valence-electron chi connectivity index (χ3n) is 5.43. The van der Waals surface area contributed by atoms with E-state index in [0.717, 1.165) is 22.6 Å². The molecule has 1 aromatic heterocycles. The minimum atomic E-state index is -0.0708. The molecular formula is C22H25N3OS. The van der Waals surface area contributed by atoms with Crippen LogP contribution in [-0.4, -0.2) is 27.3 Å². The molecule has 1 aliphatic heterocycles. The molecule has 1 saturated carbocycles. The summed E-state index contributed by atoms with van der Waals surface area (Å²) >= 11 is 1.62. The summed E-state index contributed by atoms with van der Waals surface area (Å²) in [7, 11) is 0. The first-order valence-electron chi connectivity index (χ1n) is 9.65. The summed E-state index contributed by atoms with van der Waals surface area (Å²) in [6, 6.07) is 14.3. The van der Waals surface area contributed by atoms with Crippen LogP contribution < -0.4 is 5.32 Å². The number of pyridine rings is 1. The number of rotatable bonds is 4. The molecular weight excluding hydrogens is 354 g/mol. The highest BCUT2D eigenvalue weighted by molar-refractivity contribution is 8.05. The standard InChI is InChI=1S/C22H25N3OS/c1-16-7-5-6-10-19(16)25-21(26)20(15-17-11-13-23-14-12-17)27-22(25)24-18-8-3-2-4-9-18/h2-4,8-9,11-16,19,22,24H,5-7,10H2,1H3/b20-15-/t16-,19+,22?/m0/s1. The molecule has 1 amide bonds. The number of nitrogens with one attached hydrogen (secondary N) is 1. The van der Waals surface area contributed by atoms with Crippen LogP contribution >= 0.6 is 11.8 Å². The molecule has 1 saturated heterocycles. The molecule has 1 aliphatic carbocycles. The monoisotopic (exact) mass is 379 g/mol. The van der Waals surface area contributed by atoms with Gasteiger partial charge in [0.25, 0.3) is 5.91 Å². The van der Waals surface area contributed by atoms with Crippen LogP contribution in [0.15, 0.2) is 59.8 Å². The summed E-state index contributed by atoms with van der Waals surface area (Å²) in [4.78, 5) is 20.3. The summed E-state index contributed by atoms with van der Waals surface area (Å²) in [5, 5.41) is 3.57. The Morgan fingerprint density at radius 1 is 1.11 bits per heavy atom. The molecule has 27 heavy (non-hydrogen) atoms. The van der Waals surface area contributed by atoms with Gasteiger partial charge in [0.2, 0.25) is 0 Å². The average Bonchev–Trinajstić information content (AvgIpc) is 2.99. The lowest BCUT2D eigenvalue weighted by Gasteiger charge is -2.39. The second kappa shape index (κ2) is 8.17. The Bertz CT molecular complexity index is 809. The second-order valence-electron chi connectivity index (χ2n) is 7.31. The predicted octanol–water partition coefficient (Wildman–Crippen LogP) is 4.97. The molecule has 3 atom stereocenters. The van der Waals surface area contributed by atoms with Crippen molar-refractivity contribution in [3.05, 3.63) is 65.3 Å². The molecule has 0 radical (unpaired) electrons. The van der Waals surface area contributed by atoms with E-state index in [1.54, 1.807) is 24.2 Å². The molecule has 2 heterocycles. The molecule has 2 fully saturated rings. The maximum atomic E-state index is 13.3. The van der Waals surface area contributed by atoms with Crippen molar-refractivity contribution in [2.45, 2.75) is 44.1 Å². The minimum Gasteiger partial charge on any atom is -0.356 e. The Balaban J connectivity index is 1.64. The lowest BCUT2D eigenvalue weighted by Crippen LogP contribution is -2.48. The van der Waals surface area contributed by atoms with Gasteiger partial charge in [-0.05, 0) is 54.7 Å². The molecule has 140 valence electrons. The number of para-hydroxylation sites is 1. The largest absolute Gasteiger partial charge is 0.356 e. The highest BCUT2D eigenvalue weighted by atomic mass is 32.2. The van der Waals surface area contributed by atoms with Gasteiger partial charge in [0.15, 0.2) is 5.50 Å². The molecule has 2 aromatic rings. The lowest BCUT2D eigenvalue weighted by molar-refractivity contribution is -0.129. The van der Waals surface area contributed by atoms with Crippen molar-refractivity contribution < 1.29 is 4.79 Å². The van der Waals surface area contributed by atoms with Gasteiger partial charge in [-0.15, -0.1) is 0 Å². The van der Waals surface area contributed by atoms with E-state index in [1.807, 2.05) is 36.4 Å². The van der Waals surface area contributed by atoms with Crippen molar-refractivity contribution in [3.63, 3.8) is 0 Å². The minimum absolute atomic E-state index is 0.0708. The average molecular weight is 380 g/mol. The van der Waals surface area contributed by atoms with Gasteiger partial charge in [0.05, 0.1) is 4.91 Å². The Morgan fingerprint density at radius 2 is 1.85 bits per heavy atom. The van der Waals surface area contributed by atoms with Crippen LogP contribution in [0, 0.1) is 5.92 Å². The van der Waals surface area contributed by atoms with Crippen LogP contribution in [-0.2, 0) is 4.79 Å². The highest BCUT2D eigenvalue weighted by Gasteiger charge is 2.42. The van der Waals surface area contributed by atoms with E-state index < -0.39 is 0 Å². The summed E-state index contributed by atoms with van der Waals surface area (Å²) < 4.78 is 0. The van der Waals surface area contributed by atoms with Crippen molar-refractivity contribution in [2.24, 2.45) is 5.92 Å². The Kier molecular flexibility index (Phi) is 5.48. The third-order valence-corrected chi connectivity index (χ3v) is 6.54. The Hall–Kier alpha value is -2.27. The molecule has 0 bridgehead atoms. The number of hydrogen-bond donors (Lipinski definition) is 1. The van der Waals surface area contributed by atoms with Crippen molar-refractivity contribution in [3.8, 4) is 0 Å². The van der Waals surface area contributed by atoms with Gasteiger partial charge in [-0.25, -0.2) is 0 Å². The van der Waals surface area contributed by atoms with Crippen LogP contribution in [0.5, 0.6) is 0 Å². The normalized spacial score (nSPS) is 27.1. The zero-order chi connectivity index (χ0) is 18.6. The quantitative estimate of drug-likeness (QED) is 0.762. The highest BCUT2D eigenvalue weighted by Crippen LogP contribution is 2.42. The van der Waals surface area contributed by atoms with Gasteiger partial charge >= 0.3 is 0 Å². The van der Waals surface area contributed by atoms with Gasteiger partial charge in [0.1, 0.15) is 0 Å². The number of aromatic nitrogens is 1. The molecule has 5 heteroatoms. The molecule has 4 nitrogen and oxygen atoms in total. The van der Waals surface area contributed by atoms with Gasteiger partial charge in [-0.1, -0.05) is 49.7 Å². The first-order chi connectivity index (χ1) is 13.2. The van der Waals surface area contributed by atoms with Crippen molar-refractivity contribution in [2.75, 3.05) is 5.32 Å². The fourth-order valence-electron chi connectivity index (χ4n) is 3.98. The third kappa shape index (κ3) is 4.03. The smallest absolute Gasteiger partial charge is 0.262 e. The first-order valence-corrected chi connectivity index (χ1v) is 10.5. The number of amides is 1. The number of benzene rings is 1. The van der Waals surface area contributed by atoms with Crippen molar-refractivity contribution >= 4 is 29.4 Å². The molecule has 0 spiro atoms. The number of thioether (sulfide) groups is 1. The summed E-state index contributed by atoms with van der Waals surface area (Å²) in [6.07, 6.45) is 10.3. The summed E-state index contributed by atoms with van der Waals surface area (Å²) in [5.74, 6) is 0.674. The van der Waals surface area contributed by atoms with Crippen molar-refractivity contribution in [1.29, 1.82) is 0 Å². The van der Waals surface area contributed by atoms with E-state index in [1.165, 1.54) is 19.3 Å². The zero-order valence-electron chi connectivity index (χ0n) is 15.5. The predicted molar refractivity (Wildman–Crippen MR) is 112 cm³/mol. The number of nitrogens with zero attached hydrogens (tertiary/aromatic N) is 2. The van der Waals surface area contributed by atoms with Crippen LogP contribution in [0.25, 0.3) is 6.08 Å². The SMILES string of the molecule is C[C@H]1CCCC[C@H]1N1C(=O)/C(=C/c2ccncc2)SC1Nc1ccccc1. The fraction of sp³-hybridized carbons (Fsp3) is 0.364. The van der Waals surface area contributed by atoms with E-state index in [9.17, 15) is 4.79 Å². The zero-order valence-corrected chi connectivity index (χ0v) is 16.4. The number of carbonyl (C=O) groups is 1. The summed E-state index contributed by atoms with van der Waals surface area (Å²) in [5.41, 5.74) is 1.98. The Morgan fingerprint density at radius 3 is 2.59 bits per heavy atom. The first kappa shape index (κ1) is 18.1. The molecule has 1 N–H and O–H groups in total. The number of carbonyl (C=O) groups excluding carboxylic acids is 1. The van der Waals surface area contributed by atoms with Crippen LogP contribution in [0.1, 0.15) is 38.2 Å². The Labute approximate surface area is 165 Å². The van der Waals surface area contributed by atoms with E-state index in [2.05, 4.69) is 34.3 Å². The maximum absolute atomic E-state index is 13.3. The van der Waals surface area contributed by atoms with E-state index in [0.29, 0.717) is 12.0 Å². The molecule has 1 unspecified atom stereocenters. The lowest BCUT2D eigenvalue weighted by atomic mass is 9.85. The second-order valence-corrected chi connectivity index (χ2v) is 8.43. The topological polar surface area (TPSA) is 45.2 Å². The van der Waals surface area contributed by atoms with Crippen LogP contribution in [0.3, 0.4) is 0 Å². The molecule has 4 rings (SSSR count). The number of hydrogen-bond acceptors (Lipinski definition) is 4. The van der Waals surface area contributed by atoms with Gasteiger partial charge in [-0.2, -0.15) is 0 Å². The van der Waals surface area contributed by atoms with Gasteiger partial charge < -0.3 is 10.2 Å². The van der Waals surface area contributed by atoms with Crippen LogP contribution in [0.2, 0.25) is 0 Å². The summed E-state index contributed by atoms with van der Waals surface area (Å²) in [6.45, 7) is 2.28. The van der Waals surface area contributed by atoms with E-state index in [-0.39, 0.29) is 11.4 Å². The van der Waals surface area contributed by atoms with Gasteiger partial charge in [0, 0.05) is 24.1 Å². The fourth-order valence-corrected chi connectivity index (χ4v) is 5.19. The van der Waals surface area contributed by atoms with Crippen molar-refractivity contribution in [1.82, 2.24) is 9.88 Å². The van der Waals surface area contributed by atoms with E-state index >= 15 is 0 Å². The van der Waals surface area contributed by atoms with Crippen LogP contribution in [0.4, 0.5) is 5.69 Å². The molecule has 1 aromatic carbocycles. The van der Waals surface area contributed by atoms with Gasteiger partial charge in [-0.3, -0.25) is 9.78 Å². The number of anilines is 1. The van der Waals surface area contributed by atoms with E-state index in [4.69, 9.17) is 0 Å². The molecule has 2 aliphatic rings.